The van der Waals surface area contributed by atoms with Crippen molar-refractivity contribution in [3.05, 3.63) is 33.9 Å². The highest BCUT2D eigenvalue weighted by molar-refractivity contribution is 5.60. The normalized spacial score (nSPS) is 15.6. The SMILES string of the molecule is CCN(c1ccc(C#N)c([N+](=O)[O-])c1)C1CCCCC1. The van der Waals surface area contributed by atoms with Crippen molar-refractivity contribution in [1.29, 1.82) is 5.26 Å². The lowest BCUT2D eigenvalue weighted by atomic mass is 9.93. The summed E-state index contributed by atoms with van der Waals surface area (Å²) in [6, 6.07) is 7.26. The van der Waals surface area contributed by atoms with Crippen molar-refractivity contribution in [2.24, 2.45) is 0 Å². The largest absolute Gasteiger partial charge is 0.369 e. The summed E-state index contributed by atoms with van der Waals surface area (Å²) in [4.78, 5) is 12.8. The third kappa shape index (κ3) is 2.90. The summed E-state index contributed by atoms with van der Waals surface area (Å²) in [5, 5.41) is 20.0. The number of nitro benzene ring substituents is 1. The summed E-state index contributed by atoms with van der Waals surface area (Å²) < 4.78 is 0. The lowest BCUT2D eigenvalue weighted by Crippen LogP contribution is -2.36. The number of benzene rings is 1. The minimum absolute atomic E-state index is 0.0979. The van der Waals surface area contributed by atoms with Gasteiger partial charge in [0.25, 0.3) is 5.69 Å². The zero-order chi connectivity index (χ0) is 14.5. The van der Waals surface area contributed by atoms with Gasteiger partial charge in [-0.1, -0.05) is 19.3 Å². The van der Waals surface area contributed by atoms with E-state index in [1.54, 1.807) is 6.07 Å². The average molecular weight is 273 g/mol. The lowest BCUT2D eigenvalue weighted by Gasteiger charge is -2.35. The van der Waals surface area contributed by atoms with E-state index in [-0.39, 0.29) is 11.3 Å². The first-order valence-corrected chi connectivity index (χ1v) is 7.12. The van der Waals surface area contributed by atoms with Gasteiger partial charge in [0, 0.05) is 24.3 Å². The predicted molar refractivity (Wildman–Crippen MR) is 77.7 cm³/mol. The molecule has 2 rings (SSSR count). The molecule has 0 aliphatic heterocycles. The van der Waals surface area contributed by atoms with Crippen molar-refractivity contribution in [2.75, 3.05) is 11.4 Å². The summed E-state index contributed by atoms with van der Waals surface area (Å²) in [7, 11) is 0. The molecule has 106 valence electrons. The summed E-state index contributed by atoms with van der Waals surface area (Å²) in [5.41, 5.74) is 0.878. The van der Waals surface area contributed by atoms with Gasteiger partial charge in [-0.2, -0.15) is 5.26 Å². The Balaban J connectivity index is 2.32. The first kappa shape index (κ1) is 14.3. The maximum absolute atomic E-state index is 11.1. The lowest BCUT2D eigenvalue weighted by molar-refractivity contribution is -0.385. The van der Waals surface area contributed by atoms with Crippen molar-refractivity contribution in [3.8, 4) is 6.07 Å². The van der Waals surface area contributed by atoms with Gasteiger partial charge in [0.15, 0.2) is 0 Å². The van der Waals surface area contributed by atoms with Gasteiger partial charge in [-0.15, -0.1) is 0 Å². The van der Waals surface area contributed by atoms with Crippen molar-refractivity contribution >= 4 is 11.4 Å². The van der Waals surface area contributed by atoms with E-state index in [1.165, 1.54) is 25.3 Å². The molecule has 0 aromatic heterocycles. The molecule has 1 fully saturated rings. The highest BCUT2D eigenvalue weighted by atomic mass is 16.6. The van der Waals surface area contributed by atoms with Crippen LogP contribution < -0.4 is 4.90 Å². The fraction of sp³-hybridized carbons (Fsp3) is 0.533. The molecule has 0 heterocycles. The molecule has 0 amide bonds. The standard InChI is InChI=1S/C15H19N3O2/c1-2-17(13-6-4-3-5-7-13)14-9-8-12(11-16)15(10-14)18(19)20/h8-10,13H,2-7H2,1H3. The number of nitro groups is 1. The molecule has 0 saturated heterocycles. The second kappa shape index (κ2) is 6.38. The van der Waals surface area contributed by atoms with Crippen LogP contribution in [0.15, 0.2) is 18.2 Å². The van der Waals surface area contributed by atoms with E-state index in [1.807, 2.05) is 12.1 Å². The number of anilines is 1. The van der Waals surface area contributed by atoms with Gasteiger partial charge in [-0.3, -0.25) is 10.1 Å². The number of nitrogens with zero attached hydrogens (tertiary/aromatic N) is 3. The molecule has 0 N–H and O–H groups in total. The fourth-order valence-electron chi connectivity index (χ4n) is 2.99. The predicted octanol–water partition coefficient (Wildman–Crippen LogP) is 3.63. The van der Waals surface area contributed by atoms with Crippen LogP contribution in [-0.4, -0.2) is 17.5 Å². The van der Waals surface area contributed by atoms with Gasteiger partial charge in [0.1, 0.15) is 11.6 Å². The summed E-state index contributed by atoms with van der Waals surface area (Å²) in [6.07, 6.45) is 6.00. The molecule has 0 spiro atoms. The maximum Gasteiger partial charge on any atom is 0.289 e. The van der Waals surface area contributed by atoms with Gasteiger partial charge in [0.05, 0.1) is 4.92 Å². The van der Waals surface area contributed by atoms with Gasteiger partial charge in [0.2, 0.25) is 0 Å². The third-order valence-electron chi connectivity index (χ3n) is 3.99. The second-order valence-corrected chi connectivity index (χ2v) is 5.15. The molecule has 5 heteroatoms. The Bertz CT molecular complexity index is 530. The molecule has 1 aromatic rings. The van der Waals surface area contributed by atoms with E-state index >= 15 is 0 Å². The number of rotatable bonds is 4. The zero-order valence-corrected chi connectivity index (χ0v) is 11.7. The highest BCUT2D eigenvalue weighted by Gasteiger charge is 2.23. The topological polar surface area (TPSA) is 70.2 Å². The van der Waals surface area contributed by atoms with Crippen LogP contribution >= 0.6 is 0 Å². The molecular formula is C15H19N3O2. The first-order valence-electron chi connectivity index (χ1n) is 7.12. The third-order valence-corrected chi connectivity index (χ3v) is 3.99. The molecular weight excluding hydrogens is 254 g/mol. The molecule has 20 heavy (non-hydrogen) atoms. The summed E-state index contributed by atoms with van der Waals surface area (Å²) in [6.45, 7) is 2.90. The van der Waals surface area contributed by atoms with Crippen LogP contribution in [0.5, 0.6) is 0 Å². The Labute approximate surface area is 119 Å². The molecule has 1 aliphatic carbocycles. The molecule has 0 bridgehead atoms. The number of hydrogen-bond acceptors (Lipinski definition) is 4. The van der Waals surface area contributed by atoms with Gasteiger partial charge in [-0.25, -0.2) is 0 Å². The van der Waals surface area contributed by atoms with Crippen molar-refractivity contribution < 1.29 is 4.92 Å². The molecule has 5 nitrogen and oxygen atoms in total. The second-order valence-electron chi connectivity index (χ2n) is 5.15. The van der Waals surface area contributed by atoms with Gasteiger partial charge in [-0.05, 0) is 31.9 Å². The van der Waals surface area contributed by atoms with E-state index in [9.17, 15) is 10.1 Å². The van der Waals surface area contributed by atoms with Crippen LogP contribution in [0.3, 0.4) is 0 Å². The monoisotopic (exact) mass is 273 g/mol. The minimum atomic E-state index is -0.475. The smallest absolute Gasteiger partial charge is 0.289 e. The summed E-state index contributed by atoms with van der Waals surface area (Å²) >= 11 is 0. The molecule has 0 unspecified atom stereocenters. The Morgan fingerprint density at radius 1 is 1.40 bits per heavy atom. The Morgan fingerprint density at radius 2 is 2.10 bits per heavy atom. The maximum atomic E-state index is 11.1. The van der Waals surface area contributed by atoms with Crippen LogP contribution in [0.2, 0.25) is 0 Å². The minimum Gasteiger partial charge on any atom is -0.369 e. The molecule has 1 aromatic carbocycles. The number of hydrogen-bond donors (Lipinski definition) is 0. The van der Waals surface area contributed by atoms with E-state index in [0.717, 1.165) is 25.1 Å². The number of nitriles is 1. The van der Waals surface area contributed by atoms with Crippen molar-refractivity contribution in [2.45, 2.75) is 45.1 Å². The van der Waals surface area contributed by atoms with Gasteiger partial charge >= 0.3 is 0 Å². The van der Waals surface area contributed by atoms with Crippen LogP contribution in [0.1, 0.15) is 44.6 Å². The zero-order valence-electron chi connectivity index (χ0n) is 11.7. The van der Waals surface area contributed by atoms with E-state index in [4.69, 9.17) is 5.26 Å². The molecule has 1 aliphatic rings. The van der Waals surface area contributed by atoms with Crippen LogP contribution in [0.25, 0.3) is 0 Å². The Morgan fingerprint density at radius 3 is 2.65 bits per heavy atom. The van der Waals surface area contributed by atoms with Crippen LogP contribution in [-0.2, 0) is 0 Å². The fourth-order valence-corrected chi connectivity index (χ4v) is 2.99. The molecule has 0 radical (unpaired) electrons. The Hall–Kier alpha value is -2.09. The summed E-state index contributed by atoms with van der Waals surface area (Å²) in [5.74, 6) is 0. The van der Waals surface area contributed by atoms with E-state index in [2.05, 4.69) is 11.8 Å². The quantitative estimate of drug-likeness (QED) is 0.620. The van der Waals surface area contributed by atoms with Crippen molar-refractivity contribution in [1.82, 2.24) is 0 Å². The van der Waals surface area contributed by atoms with Crippen LogP contribution in [0.4, 0.5) is 11.4 Å². The van der Waals surface area contributed by atoms with Crippen molar-refractivity contribution in [3.63, 3.8) is 0 Å². The van der Waals surface area contributed by atoms with E-state index in [0.29, 0.717) is 6.04 Å². The highest BCUT2D eigenvalue weighted by Crippen LogP contribution is 2.30. The van der Waals surface area contributed by atoms with Crippen LogP contribution in [0, 0.1) is 21.4 Å². The van der Waals surface area contributed by atoms with E-state index < -0.39 is 4.92 Å². The molecule has 1 saturated carbocycles. The average Bonchev–Trinajstić information content (AvgIpc) is 2.49. The molecule has 0 atom stereocenters. The van der Waals surface area contributed by atoms with Gasteiger partial charge < -0.3 is 4.90 Å². The Kier molecular flexibility index (Phi) is 4.57. The first-order chi connectivity index (χ1) is 9.67.